The first kappa shape index (κ1) is 20.2. The standard InChI is InChI=1S/C24H22ClFN2O3/c1-14-13-24(23(31)27(14)20-7-6-15(26)12-19(20)25)10-8-16(9-11-24)28-21(29)17-4-2-3-5-18(17)22(28)30/h2-7,12,14,16H,8-11,13H2,1H3/t14?,16-,24-. The molecular weight excluding hydrogens is 419 g/mol. The second kappa shape index (κ2) is 7.16. The average Bonchev–Trinajstić information content (AvgIpc) is 3.14. The van der Waals surface area contributed by atoms with Gasteiger partial charge in [-0.3, -0.25) is 19.3 Å². The van der Waals surface area contributed by atoms with Crippen molar-refractivity contribution in [2.75, 3.05) is 4.90 Å². The minimum absolute atomic E-state index is 0.00526. The molecule has 1 unspecified atom stereocenters. The number of rotatable bonds is 2. The van der Waals surface area contributed by atoms with Crippen LogP contribution in [0.2, 0.25) is 5.02 Å². The largest absolute Gasteiger partial charge is 0.308 e. The zero-order valence-electron chi connectivity index (χ0n) is 17.1. The topological polar surface area (TPSA) is 57.7 Å². The van der Waals surface area contributed by atoms with Gasteiger partial charge < -0.3 is 4.90 Å². The van der Waals surface area contributed by atoms with E-state index in [1.54, 1.807) is 35.2 Å². The van der Waals surface area contributed by atoms with Gasteiger partial charge >= 0.3 is 0 Å². The molecule has 1 atom stereocenters. The van der Waals surface area contributed by atoms with Crippen molar-refractivity contribution in [3.63, 3.8) is 0 Å². The maximum atomic E-state index is 13.5. The van der Waals surface area contributed by atoms with Gasteiger partial charge in [0, 0.05) is 12.1 Å². The van der Waals surface area contributed by atoms with Crippen LogP contribution in [0, 0.1) is 11.2 Å². The molecule has 1 aliphatic carbocycles. The molecule has 0 aromatic heterocycles. The molecule has 0 N–H and O–H groups in total. The third-order valence-corrected chi connectivity index (χ3v) is 7.37. The van der Waals surface area contributed by atoms with Gasteiger partial charge in [-0.15, -0.1) is 0 Å². The lowest BCUT2D eigenvalue weighted by atomic mass is 9.70. The van der Waals surface area contributed by atoms with E-state index in [9.17, 15) is 18.8 Å². The van der Waals surface area contributed by atoms with Crippen LogP contribution in [0.15, 0.2) is 42.5 Å². The summed E-state index contributed by atoms with van der Waals surface area (Å²) in [5, 5.41) is 0.219. The number of amides is 3. The summed E-state index contributed by atoms with van der Waals surface area (Å²) in [6, 6.07) is 10.7. The van der Waals surface area contributed by atoms with E-state index in [1.165, 1.54) is 17.0 Å². The van der Waals surface area contributed by atoms with E-state index >= 15 is 0 Å². The molecule has 5 nitrogen and oxygen atoms in total. The van der Waals surface area contributed by atoms with Crippen molar-refractivity contribution >= 4 is 35.0 Å². The summed E-state index contributed by atoms with van der Waals surface area (Å²) in [4.78, 5) is 42.2. The predicted molar refractivity (Wildman–Crippen MR) is 115 cm³/mol. The van der Waals surface area contributed by atoms with Crippen LogP contribution in [0.4, 0.5) is 10.1 Å². The maximum absolute atomic E-state index is 13.5. The Morgan fingerprint density at radius 3 is 2.16 bits per heavy atom. The van der Waals surface area contributed by atoms with Crippen LogP contribution in [-0.2, 0) is 4.79 Å². The fraction of sp³-hybridized carbons (Fsp3) is 0.375. The van der Waals surface area contributed by atoms with Crippen molar-refractivity contribution in [1.82, 2.24) is 4.90 Å². The number of benzene rings is 2. The van der Waals surface area contributed by atoms with E-state index in [0.717, 1.165) is 0 Å². The number of hydrogen-bond acceptors (Lipinski definition) is 3. The Balaban J connectivity index is 1.35. The Kier molecular flexibility index (Phi) is 4.66. The third-order valence-electron chi connectivity index (χ3n) is 7.07. The van der Waals surface area contributed by atoms with E-state index in [0.29, 0.717) is 48.9 Å². The molecule has 3 amide bonds. The summed E-state index contributed by atoms with van der Waals surface area (Å²) in [5.74, 6) is -0.932. The zero-order valence-corrected chi connectivity index (χ0v) is 17.9. The number of fused-ring (bicyclic) bond motifs is 1. The average molecular weight is 441 g/mol. The molecule has 1 saturated carbocycles. The van der Waals surface area contributed by atoms with Gasteiger partial charge in [-0.1, -0.05) is 23.7 Å². The molecule has 0 bridgehead atoms. The fourth-order valence-corrected chi connectivity index (χ4v) is 5.85. The van der Waals surface area contributed by atoms with Crippen LogP contribution >= 0.6 is 11.6 Å². The van der Waals surface area contributed by atoms with Gasteiger partial charge in [0.15, 0.2) is 0 Å². The van der Waals surface area contributed by atoms with E-state index in [4.69, 9.17) is 11.6 Å². The Labute approximate surface area is 184 Å². The SMILES string of the molecule is CC1C[C@]2(CC[C@@H](N3C(=O)c4ccccc4C3=O)CC2)C(=O)N1c1ccc(F)cc1Cl. The molecular formula is C24H22ClFN2O3. The molecule has 2 aromatic rings. The molecule has 1 spiro atoms. The van der Waals surface area contributed by atoms with Crippen molar-refractivity contribution in [3.8, 4) is 0 Å². The van der Waals surface area contributed by atoms with Gasteiger partial charge in [0.1, 0.15) is 5.82 Å². The van der Waals surface area contributed by atoms with Crippen LogP contribution in [0.5, 0.6) is 0 Å². The van der Waals surface area contributed by atoms with E-state index in [1.807, 2.05) is 6.92 Å². The van der Waals surface area contributed by atoms with Crippen molar-refractivity contribution < 1.29 is 18.8 Å². The third kappa shape index (κ3) is 2.99. The minimum atomic E-state index is -0.535. The number of hydrogen-bond donors (Lipinski definition) is 0. The summed E-state index contributed by atoms with van der Waals surface area (Å²) in [5.41, 5.74) is 0.901. The highest BCUT2D eigenvalue weighted by atomic mass is 35.5. The van der Waals surface area contributed by atoms with E-state index in [2.05, 4.69) is 0 Å². The Hall–Kier alpha value is -2.73. The summed E-state index contributed by atoms with van der Waals surface area (Å²) >= 11 is 6.24. The lowest BCUT2D eigenvalue weighted by molar-refractivity contribution is -0.127. The van der Waals surface area contributed by atoms with Crippen LogP contribution in [-0.4, -0.2) is 34.7 Å². The lowest BCUT2D eigenvalue weighted by Gasteiger charge is -2.38. The van der Waals surface area contributed by atoms with Gasteiger partial charge in [-0.05, 0) is 69.4 Å². The molecule has 2 aromatic carbocycles. The van der Waals surface area contributed by atoms with Crippen LogP contribution in [0.1, 0.15) is 59.7 Å². The fourth-order valence-electron chi connectivity index (χ4n) is 5.59. The van der Waals surface area contributed by atoms with Gasteiger partial charge in [-0.25, -0.2) is 4.39 Å². The highest BCUT2D eigenvalue weighted by Crippen LogP contribution is 2.50. The summed E-state index contributed by atoms with van der Waals surface area (Å²) < 4.78 is 13.5. The quantitative estimate of drug-likeness (QED) is 0.628. The maximum Gasteiger partial charge on any atom is 0.261 e. The highest BCUT2D eigenvalue weighted by molar-refractivity contribution is 6.34. The summed E-state index contributed by atoms with van der Waals surface area (Å²) in [7, 11) is 0. The summed E-state index contributed by atoms with van der Waals surface area (Å²) in [6.07, 6.45) is 3.06. The molecule has 0 radical (unpaired) electrons. The molecule has 7 heteroatoms. The van der Waals surface area contributed by atoms with Crippen molar-refractivity contribution in [3.05, 3.63) is 64.4 Å². The zero-order chi connectivity index (χ0) is 21.9. The Morgan fingerprint density at radius 2 is 1.58 bits per heavy atom. The second-order valence-electron chi connectivity index (χ2n) is 8.86. The smallest absolute Gasteiger partial charge is 0.261 e. The monoisotopic (exact) mass is 440 g/mol. The highest BCUT2D eigenvalue weighted by Gasteiger charge is 2.53. The predicted octanol–water partition coefficient (Wildman–Crippen LogP) is 4.83. The molecule has 2 aliphatic heterocycles. The van der Waals surface area contributed by atoms with Crippen molar-refractivity contribution in [2.45, 2.75) is 51.1 Å². The number of anilines is 1. The summed E-state index contributed by atoms with van der Waals surface area (Å²) in [6.45, 7) is 1.97. The number of nitrogens with zero attached hydrogens (tertiary/aromatic N) is 2. The Morgan fingerprint density at radius 1 is 0.968 bits per heavy atom. The van der Waals surface area contributed by atoms with Crippen LogP contribution < -0.4 is 4.90 Å². The first-order valence-corrected chi connectivity index (χ1v) is 11.0. The van der Waals surface area contributed by atoms with Gasteiger partial charge in [0.05, 0.1) is 27.3 Å². The molecule has 3 aliphatic rings. The van der Waals surface area contributed by atoms with Gasteiger partial charge in [0.25, 0.3) is 11.8 Å². The number of halogens is 2. The molecule has 1 saturated heterocycles. The van der Waals surface area contributed by atoms with Gasteiger partial charge in [0.2, 0.25) is 5.91 Å². The molecule has 2 fully saturated rings. The molecule has 2 heterocycles. The Bertz CT molecular complexity index is 1070. The van der Waals surface area contributed by atoms with Crippen LogP contribution in [0.3, 0.4) is 0 Å². The first-order valence-electron chi connectivity index (χ1n) is 10.6. The normalized spacial score (nSPS) is 28.0. The number of carbonyl (C=O) groups is 3. The van der Waals surface area contributed by atoms with Crippen molar-refractivity contribution in [2.24, 2.45) is 5.41 Å². The van der Waals surface area contributed by atoms with Crippen molar-refractivity contribution in [1.29, 1.82) is 0 Å². The van der Waals surface area contributed by atoms with Crippen LogP contribution in [0.25, 0.3) is 0 Å². The molecule has 31 heavy (non-hydrogen) atoms. The number of carbonyl (C=O) groups excluding carboxylic acids is 3. The molecule has 5 rings (SSSR count). The number of imide groups is 1. The molecule has 160 valence electrons. The lowest BCUT2D eigenvalue weighted by Crippen LogP contribution is -2.46. The van der Waals surface area contributed by atoms with E-state index in [-0.39, 0.29) is 34.8 Å². The first-order chi connectivity index (χ1) is 14.8. The minimum Gasteiger partial charge on any atom is -0.308 e. The van der Waals surface area contributed by atoms with Gasteiger partial charge in [-0.2, -0.15) is 0 Å². The van der Waals surface area contributed by atoms with E-state index < -0.39 is 11.2 Å². The second-order valence-corrected chi connectivity index (χ2v) is 9.27.